The second-order valence-corrected chi connectivity index (χ2v) is 9.22. The van der Waals surface area contributed by atoms with Crippen LogP contribution >= 0.6 is 0 Å². The third kappa shape index (κ3) is 5.23. The van der Waals surface area contributed by atoms with Gasteiger partial charge in [0.15, 0.2) is 16.4 Å². The number of rotatable bonds is 6. The largest absolute Gasteiger partial charge is 0.452 e. The fourth-order valence-electron chi connectivity index (χ4n) is 3.72. The third-order valence-corrected chi connectivity index (χ3v) is 6.23. The van der Waals surface area contributed by atoms with E-state index in [9.17, 15) is 18.0 Å². The maximum atomic E-state index is 13.0. The Morgan fingerprint density at radius 3 is 2.24 bits per heavy atom. The van der Waals surface area contributed by atoms with Gasteiger partial charge in [0.05, 0.1) is 10.5 Å². The zero-order valence-electron chi connectivity index (χ0n) is 16.4. The first kappa shape index (κ1) is 21.0. The van der Waals surface area contributed by atoms with Crippen molar-refractivity contribution in [3.8, 4) is 0 Å². The SMILES string of the molecule is CS(=O)(=O)c1ccccc1C(=O)OCC(=O)N(c1ccccc1)C1CCCCC1. The van der Waals surface area contributed by atoms with Crippen molar-refractivity contribution in [2.24, 2.45) is 0 Å². The number of esters is 1. The number of ether oxygens (including phenoxy) is 1. The molecule has 1 aliphatic rings. The zero-order chi connectivity index (χ0) is 20.9. The Hall–Kier alpha value is -2.67. The molecule has 6 nitrogen and oxygen atoms in total. The number of hydrogen-bond donors (Lipinski definition) is 0. The summed E-state index contributed by atoms with van der Waals surface area (Å²) in [6.45, 7) is -0.442. The van der Waals surface area contributed by atoms with Crippen LogP contribution < -0.4 is 4.90 Å². The van der Waals surface area contributed by atoms with Gasteiger partial charge in [0.2, 0.25) is 0 Å². The van der Waals surface area contributed by atoms with Gasteiger partial charge in [-0.3, -0.25) is 4.79 Å². The fourth-order valence-corrected chi connectivity index (χ4v) is 4.60. The number of nitrogens with zero attached hydrogens (tertiary/aromatic N) is 1. The molecule has 7 heteroatoms. The minimum atomic E-state index is -3.59. The second kappa shape index (κ2) is 9.22. The highest BCUT2D eigenvalue weighted by molar-refractivity contribution is 7.90. The van der Waals surface area contributed by atoms with Gasteiger partial charge in [-0.2, -0.15) is 0 Å². The van der Waals surface area contributed by atoms with Crippen molar-refractivity contribution in [3.05, 3.63) is 60.2 Å². The van der Waals surface area contributed by atoms with Crippen LogP contribution in [0.3, 0.4) is 0 Å². The number of hydrogen-bond acceptors (Lipinski definition) is 5. The highest BCUT2D eigenvalue weighted by Crippen LogP contribution is 2.27. The first-order valence-electron chi connectivity index (χ1n) is 9.71. The van der Waals surface area contributed by atoms with Crippen molar-refractivity contribution in [2.45, 2.75) is 43.0 Å². The van der Waals surface area contributed by atoms with Crippen molar-refractivity contribution < 1.29 is 22.7 Å². The molecule has 0 aromatic heterocycles. The van der Waals surface area contributed by atoms with Crippen LogP contribution in [0.2, 0.25) is 0 Å². The van der Waals surface area contributed by atoms with Gasteiger partial charge in [-0.15, -0.1) is 0 Å². The first-order chi connectivity index (χ1) is 13.9. The molecule has 0 aliphatic heterocycles. The van der Waals surface area contributed by atoms with E-state index in [1.165, 1.54) is 12.1 Å². The lowest BCUT2D eigenvalue weighted by Gasteiger charge is -2.34. The predicted octanol–water partition coefficient (Wildman–Crippen LogP) is 3.61. The molecule has 0 spiro atoms. The summed E-state index contributed by atoms with van der Waals surface area (Å²) in [5.74, 6) is -1.13. The van der Waals surface area contributed by atoms with E-state index in [0.29, 0.717) is 0 Å². The number of sulfone groups is 1. The predicted molar refractivity (Wildman–Crippen MR) is 111 cm³/mol. The maximum Gasteiger partial charge on any atom is 0.339 e. The van der Waals surface area contributed by atoms with Crippen LogP contribution in [0, 0.1) is 0 Å². The van der Waals surface area contributed by atoms with Crippen molar-refractivity contribution >= 4 is 27.4 Å². The fraction of sp³-hybridized carbons (Fsp3) is 0.364. The third-order valence-electron chi connectivity index (χ3n) is 5.08. The molecular formula is C22H25NO5S. The zero-order valence-corrected chi connectivity index (χ0v) is 17.2. The minimum absolute atomic E-state index is 0.0632. The molecule has 0 radical (unpaired) electrons. The molecule has 1 aliphatic carbocycles. The van der Waals surface area contributed by atoms with Crippen LogP contribution in [0.1, 0.15) is 42.5 Å². The van der Waals surface area contributed by atoms with Gasteiger partial charge < -0.3 is 9.64 Å². The summed E-state index contributed by atoms with van der Waals surface area (Å²) < 4.78 is 29.1. The van der Waals surface area contributed by atoms with E-state index < -0.39 is 22.4 Å². The highest BCUT2D eigenvalue weighted by atomic mass is 32.2. The Bertz CT molecular complexity index is 966. The number of amides is 1. The number of benzene rings is 2. The number of carbonyl (C=O) groups excluding carboxylic acids is 2. The Labute approximate surface area is 171 Å². The summed E-state index contributed by atoms with van der Waals surface area (Å²) in [6.07, 6.45) is 6.12. The summed E-state index contributed by atoms with van der Waals surface area (Å²) in [5, 5.41) is 0. The highest BCUT2D eigenvalue weighted by Gasteiger charge is 2.28. The molecule has 1 fully saturated rings. The van der Waals surface area contributed by atoms with Gasteiger partial charge in [0, 0.05) is 18.0 Å². The standard InChI is InChI=1S/C22H25NO5S/c1-29(26,27)20-15-9-8-14-19(20)22(25)28-16-21(24)23(17-10-4-2-5-11-17)18-12-6-3-7-13-18/h2,4-5,8-11,14-15,18H,3,6-7,12-13,16H2,1H3. The second-order valence-electron chi connectivity index (χ2n) is 7.24. The smallest absolute Gasteiger partial charge is 0.339 e. The van der Waals surface area contributed by atoms with Crippen LogP contribution in [0.15, 0.2) is 59.5 Å². The Kier molecular flexibility index (Phi) is 6.69. The Morgan fingerprint density at radius 2 is 1.59 bits per heavy atom. The van der Waals surface area contributed by atoms with E-state index in [1.54, 1.807) is 17.0 Å². The average molecular weight is 416 g/mol. The average Bonchev–Trinajstić information content (AvgIpc) is 2.73. The number of carbonyl (C=O) groups is 2. The molecule has 2 aromatic carbocycles. The van der Waals surface area contributed by atoms with E-state index in [-0.39, 0.29) is 22.4 Å². The van der Waals surface area contributed by atoms with E-state index in [1.807, 2.05) is 30.3 Å². The molecular weight excluding hydrogens is 390 g/mol. The number of para-hydroxylation sites is 1. The summed E-state index contributed by atoms with van der Waals surface area (Å²) in [6, 6.07) is 15.3. The van der Waals surface area contributed by atoms with Gasteiger partial charge in [-0.1, -0.05) is 49.6 Å². The molecule has 0 saturated heterocycles. The van der Waals surface area contributed by atoms with Gasteiger partial charge in [-0.05, 0) is 37.1 Å². The van der Waals surface area contributed by atoms with Crippen molar-refractivity contribution in [1.82, 2.24) is 0 Å². The van der Waals surface area contributed by atoms with Crippen LogP contribution in [0.5, 0.6) is 0 Å². The molecule has 29 heavy (non-hydrogen) atoms. The minimum Gasteiger partial charge on any atom is -0.452 e. The van der Waals surface area contributed by atoms with Crippen LogP contribution in [0.25, 0.3) is 0 Å². The van der Waals surface area contributed by atoms with E-state index in [2.05, 4.69) is 0 Å². The molecule has 1 amide bonds. The molecule has 154 valence electrons. The van der Waals surface area contributed by atoms with Gasteiger partial charge in [0.1, 0.15) is 0 Å². The Morgan fingerprint density at radius 1 is 0.966 bits per heavy atom. The van der Waals surface area contributed by atoms with Gasteiger partial charge in [0.25, 0.3) is 5.91 Å². The molecule has 1 saturated carbocycles. The van der Waals surface area contributed by atoms with E-state index in [0.717, 1.165) is 44.0 Å². The van der Waals surface area contributed by atoms with E-state index in [4.69, 9.17) is 4.74 Å². The number of anilines is 1. The normalized spacial score (nSPS) is 14.9. The van der Waals surface area contributed by atoms with E-state index >= 15 is 0 Å². The Balaban J connectivity index is 1.76. The lowest BCUT2D eigenvalue weighted by molar-refractivity contribution is -0.122. The topological polar surface area (TPSA) is 80.7 Å². The molecule has 0 N–H and O–H groups in total. The van der Waals surface area contributed by atoms with Gasteiger partial charge >= 0.3 is 5.97 Å². The van der Waals surface area contributed by atoms with Crippen molar-refractivity contribution in [1.29, 1.82) is 0 Å². The molecule has 0 bridgehead atoms. The maximum absolute atomic E-state index is 13.0. The van der Waals surface area contributed by atoms with Crippen LogP contribution in [-0.4, -0.2) is 39.2 Å². The lowest BCUT2D eigenvalue weighted by Crippen LogP contribution is -2.43. The summed E-state index contributed by atoms with van der Waals surface area (Å²) in [4.78, 5) is 27.1. The van der Waals surface area contributed by atoms with Crippen LogP contribution in [0.4, 0.5) is 5.69 Å². The van der Waals surface area contributed by atoms with Crippen molar-refractivity contribution in [2.75, 3.05) is 17.8 Å². The summed E-state index contributed by atoms with van der Waals surface area (Å²) in [7, 11) is -3.59. The first-order valence-corrected chi connectivity index (χ1v) is 11.6. The molecule has 0 heterocycles. The van der Waals surface area contributed by atoms with Crippen LogP contribution in [-0.2, 0) is 19.4 Å². The molecule has 0 unspecified atom stereocenters. The molecule has 2 aromatic rings. The summed E-state index contributed by atoms with van der Waals surface area (Å²) in [5.41, 5.74) is 0.712. The molecule has 0 atom stereocenters. The lowest BCUT2D eigenvalue weighted by atomic mass is 9.93. The summed E-state index contributed by atoms with van der Waals surface area (Å²) >= 11 is 0. The molecule has 3 rings (SSSR count). The monoisotopic (exact) mass is 415 g/mol. The van der Waals surface area contributed by atoms with Crippen molar-refractivity contribution in [3.63, 3.8) is 0 Å². The van der Waals surface area contributed by atoms with Gasteiger partial charge in [-0.25, -0.2) is 13.2 Å². The quantitative estimate of drug-likeness (QED) is 0.673.